The number of benzene rings is 1. The van der Waals surface area contributed by atoms with Crippen molar-refractivity contribution in [1.29, 1.82) is 0 Å². The summed E-state index contributed by atoms with van der Waals surface area (Å²) in [6.07, 6.45) is 0.884. The van der Waals surface area contributed by atoms with Crippen molar-refractivity contribution in [3.8, 4) is 5.69 Å². The van der Waals surface area contributed by atoms with Crippen molar-refractivity contribution in [2.24, 2.45) is 0 Å². The molecular weight excluding hydrogens is 222 g/mol. The topological polar surface area (TPSA) is 22.0 Å². The zero-order chi connectivity index (χ0) is 11.7. The number of aldehydes is 1. The molecule has 3 heteroatoms. The van der Waals surface area contributed by atoms with Crippen molar-refractivity contribution >= 4 is 17.9 Å². The number of hydrogen-bond acceptors (Lipinski definition) is 1. The van der Waals surface area contributed by atoms with Crippen LogP contribution in [-0.2, 0) is 0 Å². The highest BCUT2D eigenvalue weighted by atomic mass is 35.5. The first-order valence-electron chi connectivity index (χ1n) is 5.03. The Hall–Kier alpha value is -1.54. The number of halogens is 1. The van der Waals surface area contributed by atoms with E-state index < -0.39 is 0 Å². The third-order valence-corrected chi connectivity index (χ3v) is 2.93. The summed E-state index contributed by atoms with van der Waals surface area (Å²) in [5.74, 6) is 0. The molecule has 82 valence electrons. The summed E-state index contributed by atoms with van der Waals surface area (Å²) in [6.45, 7) is 3.92. The summed E-state index contributed by atoms with van der Waals surface area (Å²) in [5, 5.41) is 0.710. The Morgan fingerprint density at radius 3 is 2.31 bits per heavy atom. The van der Waals surface area contributed by atoms with Crippen molar-refractivity contribution in [2.75, 3.05) is 0 Å². The van der Waals surface area contributed by atoms with Crippen LogP contribution in [0.15, 0.2) is 30.3 Å². The predicted molar refractivity (Wildman–Crippen MR) is 65.6 cm³/mol. The van der Waals surface area contributed by atoms with Gasteiger partial charge in [0.05, 0.1) is 0 Å². The van der Waals surface area contributed by atoms with E-state index in [1.54, 1.807) is 0 Å². The Balaban J connectivity index is 2.59. The van der Waals surface area contributed by atoms with Crippen LogP contribution in [0.3, 0.4) is 0 Å². The molecule has 1 aromatic heterocycles. The molecule has 0 amide bonds. The molecule has 0 saturated carbocycles. The van der Waals surface area contributed by atoms with E-state index in [2.05, 4.69) is 0 Å². The van der Waals surface area contributed by atoms with Crippen molar-refractivity contribution in [3.05, 3.63) is 52.3 Å². The van der Waals surface area contributed by atoms with E-state index in [4.69, 9.17) is 11.6 Å². The lowest BCUT2D eigenvalue weighted by molar-refractivity contribution is 0.112. The number of carbonyl (C=O) groups is 1. The molecule has 0 unspecified atom stereocenters. The maximum Gasteiger partial charge on any atom is 0.151 e. The highest BCUT2D eigenvalue weighted by molar-refractivity contribution is 6.30. The van der Waals surface area contributed by atoms with E-state index in [0.717, 1.165) is 28.9 Å². The normalized spacial score (nSPS) is 10.4. The summed E-state index contributed by atoms with van der Waals surface area (Å²) in [6, 6.07) is 9.46. The zero-order valence-electron chi connectivity index (χ0n) is 9.20. The van der Waals surface area contributed by atoms with E-state index in [1.165, 1.54) is 0 Å². The molecule has 0 radical (unpaired) electrons. The Morgan fingerprint density at radius 1 is 1.19 bits per heavy atom. The van der Waals surface area contributed by atoms with Crippen LogP contribution < -0.4 is 0 Å². The van der Waals surface area contributed by atoms with Gasteiger partial charge in [0.15, 0.2) is 6.29 Å². The monoisotopic (exact) mass is 233 g/mol. The van der Waals surface area contributed by atoms with Gasteiger partial charge in [-0.3, -0.25) is 4.79 Å². The third kappa shape index (κ3) is 1.76. The summed E-state index contributed by atoms with van der Waals surface area (Å²) in [5.41, 5.74) is 3.75. The second-order valence-corrected chi connectivity index (χ2v) is 4.19. The van der Waals surface area contributed by atoms with Crippen LogP contribution >= 0.6 is 11.6 Å². The average molecular weight is 234 g/mol. The van der Waals surface area contributed by atoms with Crippen molar-refractivity contribution in [1.82, 2.24) is 4.57 Å². The van der Waals surface area contributed by atoms with Crippen molar-refractivity contribution in [3.63, 3.8) is 0 Å². The first-order chi connectivity index (χ1) is 7.63. The molecule has 0 aliphatic rings. The van der Waals surface area contributed by atoms with Crippen LogP contribution in [0.4, 0.5) is 0 Å². The molecule has 0 aliphatic heterocycles. The largest absolute Gasteiger partial charge is 0.318 e. The van der Waals surface area contributed by atoms with Crippen LogP contribution in [0.25, 0.3) is 5.69 Å². The molecule has 0 spiro atoms. The van der Waals surface area contributed by atoms with E-state index in [9.17, 15) is 4.79 Å². The SMILES string of the molecule is Cc1cc(C=O)c(C)n1-c1ccc(Cl)cc1. The van der Waals surface area contributed by atoms with Gasteiger partial charge >= 0.3 is 0 Å². The molecular formula is C13H12ClNO. The maximum atomic E-state index is 10.8. The molecule has 16 heavy (non-hydrogen) atoms. The standard InChI is InChI=1S/C13H12ClNO/c1-9-7-11(8-16)10(2)15(9)13-5-3-12(14)4-6-13/h3-8H,1-2H3. The fraction of sp³-hybridized carbons (Fsp3) is 0.154. The molecule has 2 rings (SSSR count). The van der Waals surface area contributed by atoms with Gasteiger partial charge in [0.2, 0.25) is 0 Å². The number of nitrogens with zero attached hydrogens (tertiary/aromatic N) is 1. The fourth-order valence-electron chi connectivity index (χ4n) is 1.89. The Labute approximate surface area is 99.5 Å². The third-order valence-electron chi connectivity index (χ3n) is 2.68. The van der Waals surface area contributed by atoms with Crippen LogP contribution in [-0.4, -0.2) is 10.9 Å². The van der Waals surface area contributed by atoms with Crippen LogP contribution in [0, 0.1) is 13.8 Å². The lowest BCUT2D eigenvalue weighted by Crippen LogP contribution is -1.99. The molecule has 1 heterocycles. The summed E-state index contributed by atoms with van der Waals surface area (Å²) >= 11 is 5.85. The summed E-state index contributed by atoms with van der Waals surface area (Å²) in [7, 11) is 0. The van der Waals surface area contributed by atoms with Crippen LogP contribution in [0.5, 0.6) is 0 Å². The van der Waals surface area contributed by atoms with Crippen LogP contribution in [0.1, 0.15) is 21.7 Å². The van der Waals surface area contributed by atoms with Crippen molar-refractivity contribution < 1.29 is 4.79 Å². The molecule has 0 bridgehead atoms. The molecule has 0 atom stereocenters. The number of carbonyl (C=O) groups excluding carboxylic acids is 1. The van der Waals surface area contributed by atoms with Crippen LogP contribution in [0.2, 0.25) is 5.02 Å². The molecule has 2 aromatic rings. The van der Waals surface area contributed by atoms with Gasteiger partial charge in [-0.15, -0.1) is 0 Å². The van der Waals surface area contributed by atoms with Gasteiger partial charge in [-0.1, -0.05) is 11.6 Å². The smallest absolute Gasteiger partial charge is 0.151 e. The van der Waals surface area contributed by atoms with E-state index in [1.807, 2.05) is 48.7 Å². The quantitative estimate of drug-likeness (QED) is 0.727. The first-order valence-corrected chi connectivity index (χ1v) is 5.41. The number of rotatable bonds is 2. The fourth-order valence-corrected chi connectivity index (χ4v) is 2.02. The van der Waals surface area contributed by atoms with Gasteiger partial charge < -0.3 is 4.57 Å². The van der Waals surface area contributed by atoms with Gasteiger partial charge in [0, 0.05) is 27.7 Å². The molecule has 0 saturated heterocycles. The van der Waals surface area contributed by atoms with E-state index in [0.29, 0.717) is 5.02 Å². The Bertz CT molecular complexity index is 526. The minimum absolute atomic E-state index is 0.710. The van der Waals surface area contributed by atoms with E-state index >= 15 is 0 Å². The minimum Gasteiger partial charge on any atom is -0.318 e. The maximum absolute atomic E-state index is 10.8. The van der Waals surface area contributed by atoms with Crippen molar-refractivity contribution in [2.45, 2.75) is 13.8 Å². The molecule has 0 N–H and O–H groups in total. The Kier molecular flexibility index (Phi) is 2.84. The number of aryl methyl sites for hydroxylation is 1. The zero-order valence-corrected chi connectivity index (χ0v) is 9.95. The van der Waals surface area contributed by atoms with Gasteiger partial charge in [-0.05, 0) is 44.2 Å². The van der Waals surface area contributed by atoms with Gasteiger partial charge in [0.1, 0.15) is 0 Å². The highest BCUT2D eigenvalue weighted by Crippen LogP contribution is 2.21. The highest BCUT2D eigenvalue weighted by Gasteiger charge is 2.09. The number of hydrogen-bond donors (Lipinski definition) is 0. The summed E-state index contributed by atoms with van der Waals surface area (Å²) in [4.78, 5) is 10.8. The van der Waals surface area contributed by atoms with Gasteiger partial charge in [-0.25, -0.2) is 0 Å². The lowest BCUT2D eigenvalue weighted by atomic mass is 10.2. The molecule has 1 aromatic carbocycles. The molecule has 2 nitrogen and oxygen atoms in total. The van der Waals surface area contributed by atoms with Gasteiger partial charge in [-0.2, -0.15) is 0 Å². The molecule has 0 fully saturated rings. The predicted octanol–water partition coefficient (Wildman–Crippen LogP) is 3.56. The lowest BCUT2D eigenvalue weighted by Gasteiger charge is -2.09. The Morgan fingerprint density at radius 2 is 1.81 bits per heavy atom. The van der Waals surface area contributed by atoms with Gasteiger partial charge in [0.25, 0.3) is 0 Å². The first kappa shape index (κ1) is 11.0. The minimum atomic E-state index is 0.710. The number of aromatic nitrogens is 1. The average Bonchev–Trinajstić information content (AvgIpc) is 2.56. The van der Waals surface area contributed by atoms with E-state index in [-0.39, 0.29) is 0 Å². The second-order valence-electron chi connectivity index (χ2n) is 3.76. The second kappa shape index (κ2) is 4.14. The molecule has 0 aliphatic carbocycles. The summed E-state index contributed by atoms with van der Waals surface area (Å²) < 4.78 is 2.04.